The normalized spacial score (nSPS) is 9.86. The quantitative estimate of drug-likeness (QED) is 0.733. The molecule has 21 heavy (non-hydrogen) atoms. The van der Waals surface area contributed by atoms with Gasteiger partial charge in [0.1, 0.15) is 12.4 Å². The number of halogens is 1. The van der Waals surface area contributed by atoms with Gasteiger partial charge in [0.25, 0.3) is 5.91 Å². The lowest BCUT2D eigenvalue weighted by molar-refractivity contribution is -0.143. The molecule has 1 aromatic rings. The zero-order valence-corrected chi connectivity index (χ0v) is 11.8. The van der Waals surface area contributed by atoms with Gasteiger partial charge in [0.15, 0.2) is 0 Å². The van der Waals surface area contributed by atoms with Crippen molar-refractivity contribution in [3.63, 3.8) is 0 Å². The van der Waals surface area contributed by atoms with Crippen LogP contribution in [0.2, 0.25) is 0 Å². The van der Waals surface area contributed by atoms with Gasteiger partial charge in [0.05, 0.1) is 26.2 Å². The van der Waals surface area contributed by atoms with E-state index in [2.05, 4.69) is 9.47 Å². The molecule has 6 nitrogen and oxygen atoms in total. The molecule has 0 aliphatic heterocycles. The van der Waals surface area contributed by atoms with E-state index in [4.69, 9.17) is 0 Å². The summed E-state index contributed by atoms with van der Waals surface area (Å²) in [5.74, 6) is -2.59. The van der Waals surface area contributed by atoms with E-state index in [1.807, 2.05) is 0 Å². The summed E-state index contributed by atoms with van der Waals surface area (Å²) in [6.45, 7) is -0.449. The molecule has 0 N–H and O–H groups in total. The van der Waals surface area contributed by atoms with Crippen LogP contribution in [-0.4, -0.2) is 50.1 Å². The van der Waals surface area contributed by atoms with E-state index in [1.54, 1.807) is 0 Å². The molecule has 0 heterocycles. The predicted octanol–water partition coefficient (Wildman–Crippen LogP) is 1.00. The highest BCUT2D eigenvalue weighted by atomic mass is 19.1. The highest BCUT2D eigenvalue weighted by Gasteiger charge is 2.22. The summed E-state index contributed by atoms with van der Waals surface area (Å²) in [6.07, 6.45) is -0.103. The van der Waals surface area contributed by atoms with Crippen LogP contribution in [0, 0.1) is 5.82 Å². The molecule has 1 aromatic carbocycles. The Morgan fingerprint density at radius 1 is 1.10 bits per heavy atom. The summed E-state index contributed by atoms with van der Waals surface area (Å²) >= 11 is 0. The number of amides is 1. The predicted molar refractivity (Wildman–Crippen MR) is 71.0 cm³/mol. The monoisotopic (exact) mass is 297 g/mol. The molecule has 114 valence electrons. The Morgan fingerprint density at radius 3 is 2.29 bits per heavy atom. The number of hydrogen-bond donors (Lipinski definition) is 0. The zero-order valence-electron chi connectivity index (χ0n) is 11.8. The summed E-state index contributed by atoms with van der Waals surface area (Å²) < 4.78 is 22.6. The van der Waals surface area contributed by atoms with Gasteiger partial charge in [-0.05, 0) is 12.1 Å². The van der Waals surface area contributed by atoms with Crippen molar-refractivity contribution in [2.45, 2.75) is 6.42 Å². The fourth-order valence-electron chi connectivity index (χ4n) is 1.61. The van der Waals surface area contributed by atoms with Crippen molar-refractivity contribution in [1.82, 2.24) is 4.90 Å². The maximum absolute atomic E-state index is 13.6. The molecule has 0 atom stereocenters. The van der Waals surface area contributed by atoms with Crippen LogP contribution in [0.1, 0.15) is 16.8 Å². The number of carbonyl (C=O) groups excluding carboxylic acids is 3. The first-order valence-electron chi connectivity index (χ1n) is 6.17. The maximum Gasteiger partial charge on any atom is 0.325 e. The van der Waals surface area contributed by atoms with Crippen LogP contribution < -0.4 is 0 Å². The molecular formula is C14H16FNO5. The molecule has 0 bridgehead atoms. The standard InChI is InChI=1S/C14H16FNO5/c1-20-12(17)7-8-16(9-13(18)21-2)14(19)10-5-3-4-6-11(10)15/h3-6H,7-9H2,1-2H3. The van der Waals surface area contributed by atoms with Crippen molar-refractivity contribution in [3.05, 3.63) is 35.6 Å². The molecule has 0 saturated heterocycles. The molecule has 7 heteroatoms. The lowest BCUT2D eigenvalue weighted by Gasteiger charge is -2.21. The number of ether oxygens (including phenoxy) is 2. The Bertz CT molecular complexity index is 532. The van der Waals surface area contributed by atoms with Crippen molar-refractivity contribution < 1.29 is 28.2 Å². The van der Waals surface area contributed by atoms with Crippen molar-refractivity contribution in [2.24, 2.45) is 0 Å². The number of methoxy groups -OCH3 is 2. The summed E-state index contributed by atoms with van der Waals surface area (Å²) in [6, 6.07) is 5.40. The molecule has 0 unspecified atom stereocenters. The first kappa shape index (κ1) is 16.6. The zero-order chi connectivity index (χ0) is 15.8. The summed E-state index contributed by atoms with van der Waals surface area (Å²) in [7, 11) is 2.39. The number of benzene rings is 1. The Balaban J connectivity index is 2.89. The third kappa shape index (κ3) is 4.87. The molecule has 1 amide bonds. The van der Waals surface area contributed by atoms with Crippen LogP contribution in [0.4, 0.5) is 4.39 Å². The molecule has 0 aliphatic carbocycles. The first-order valence-corrected chi connectivity index (χ1v) is 6.17. The van der Waals surface area contributed by atoms with E-state index < -0.39 is 23.7 Å². The number of hydrogen-bond acceptors (Lipinski definition) is 5. The number of nitrogens with zero attached hydrogens (tertiary/aromatic N) is 1. The van der Waals surface area contributed by atoms with Crippen molar-refractivity contribution in [2.75, 3.05) is 27.3 Å². The molecular weight excluding hydrogens is 281 g/mol. The highest BCUT2D eigenvalue weighted by Crippen LogP contribution is 2.11. The summed E-state index contributed by atoms with van der Waals surface area (Å²) in [5.41, 5.74) is -0.175. The minimum Gasteiger partial charge on any atom is -0.469 e. The smallest absolute Gasteiger partial charge is 0.325 e. The average molecular weight is 297 g/mol. The molecule has 0 saturated carbocycles. The molecule has 0 spiro atoms. The van der Waals surface area contributed by atoms with Crippen LogP contribution >= 0.6 is 0 Å². The van der Waals surface area contributed by atoms with Gasteiger partial charge in [-0.1, -0.05) is 12.1 Å². The van der Waals surface area contributed by atoms with Crippen LogP contribution in [0.3, 0.4) is 0 Å². The Labute approximate surface area is 121 Å². The van der Waals surface area contributed by atoms with Gasteiger partial charge >= 0.3 is 11.9 Å². The van der Waals surface area contributed by atoms with Gasteiger partial charge < -0.3 is 14.4 Å². The van der Waals surface area contributed by atoms with Gasteiger partial charge in [-0.25, -0.2) is 4.39 Å². The maximum atomic E-state index is 13.6. The second kappa shape index (κ2) is 7.98. The molecule has 1 rings (SSSR count). The van der Waals surface area contributed by atoms with E-state index in [-0.39, 0.29) is 25.1 Å². The Hall–Kier alpha value is -2.44. The van der Waals surface area contributed by atoms with Crippen molar-refractivity contribution in [1.29, 1.82) is 0 Å². The van der Waals surface area contributed by atoms with Gasteiger partial charge in [-0.3, -0.25) is 14.4 Å². The number of esters is 2. The van der Waals surface area contributed by atoms with Crippen LogP contribution in [0.15, 0.2) is 24.3 Å². The Morgan fingerprint density at radius 2 is 1.71 bits per heavy atom. The van der Waals surface area contributed by atoms with E-state index in [1.165, 1.54) is 32.4 Å². The first-order chi connectivity index (χ1) is 9.99. The van der Waals surface area contributed by atoms with E-state index in [0.29, 0.717) is 0 Å². The SMILES string of the molecule is COC(=O)CCN(CC(=O)OC)C(=O)c1ccccc1F. The Kier molecular flexibility index (Phi) is 6.32. The van der Waals surface area contributed by atoms with Crippen LogP contribution in [0.25, 0.3) is 0 Å². The summed E-state index contributed by atoms with van der Waals surface area (Å²) in [4.78, 5) is 35.8. The van der Waals surface area contributed by atoms with Crippen LogP contribution in [0.5, 0.6) is 0 Å². The molecule has 0 aliphatic rings. The third-order valence-electron chi connectivity index (χ3n) is 2.75. The number of carbonyl (C=O) groups is 3. The molecule has 0 aromatic heterocycles. The average Bonchev–Trinajstić information content (AvgIpc) is 2.50. The van der Waals surface area contributed by atoms with Gasteiger partial charge in [0.2, 0.25) is 0 Å². The fraction of sp³-hybridized carbons (Fsp3) is 0.357. The second-order valence-corrected chi connectivity index (χ2v) is 4.11. The van der Waals surface area contributed by atoms with Gasteiger partial charge in [0, 0.05) is 6.54 Å². The number of rotatable bonds is 6. The fourth-order valence-corrected chi connectivity index (χ4v) is 1.61. The second-order valence-electron chi connectivity index (χ2n) is 4.11. The minimum atomic E-state index is -0.699. The van der Waals surface area contributed by atoms with E-state index >= 15 is 0 Å². The van der Waals surface area contributed by atoms with Crippen molar-refractivity contribution >= 4 is 17.8 Å². The topological polar surface area (TPSA) is 72.9 Å². The molecule has 0 radical (unpaired) electrons. The lowest BCUT2D eigenvalue weighted by Crippen LogP contribution is -2.38. The minimum absolute atomic E-state index is 0.0745. The van der Waals surface area contributed by atoms with E-state index in [0.717, 1.165) is 11.0 Å². The van der Waals surface area contributed by atoms with Gasteiger partial charge in [-0.2, -0.15) is 0 Å². The van der Waals surface area contributed by atoms with Crippen molar-refractivity contribution in [3.8, 4) is 0 Å². The molecule has 0 fully saturated rings. The highest BCUT2D eigenvalue weighted by molar-refractivity contribution is 5.96. The largest absolute Gasteiger partial charge is 0.469 e. The van der Waals surface area contributed by atoms with Gasteiger partial charge in [-0.15, -0.1) is 0 Å². The summed E-state index contributed by atoms with van der Waals surface area (Å²) in [5, 5.41) is 0. The van der Waals surface area contributed by atoms with Crippen LogP contribution in [-0.2, 0) is 19.1 Å². The third-order valence-corrected chi connectivity index (χ3v) is 2.75. The lowest BCUT2D eigenvalue weighted by atomic mass is 10.2. The van der Waals surface area contributed by atoms with E-state index in [9.17, 15) is 18.8 Å².